The molecule has 178 valence electrons. The zero-order valence-electron chi connectivity index (χ0n) is 19.2. The number of anilines is 1. The molecule has 2 bridgehead atoms. The fraction of sp³-hybridized carbons (Fsp3) is 0.654. The number of hydrogen-bond donors (Lipinski definition) is 0. The van der Waals surface area contributed by atoms with Crippen molar-refractivity contribution in [3.8, 4) is 0 Å². The van der Waals surface area contributed by atoms with Crippen molar-refractivity contribution >= 4 is 55.3 Å². The standard InChI is InChI=1S/C26H31Br2NO4/c1-12(2)16-9-4-13(3)10-19(16)33-26(32)14-5-7-15(8-6-14)29-24(30)20-17-11-18(21(20)25(29)31)23(28)22(17)27/h5-8,12-13,16-23H,4,9-11H2,1-3H3/t13-,16-,17-,18-,19-,20-,21-,22-,23+/m1/s1. The highest BCUT2D eigenvalue weighted by Gasteiger charge is 2.66. The van der Waals surface area contributed by atoms with Crippen LogP contribution in [0.2, 0.25) is 0 Å². The van der Waals surface area contributed by atoms with Crippen molar-refractivity contribution in [1.29, 1.82) is 0 Å². The average molecular weight is 581 g/mol. The topological polar surface area (TPSA) is 63.7 Å². The fourth-order valence-corrected chi connectivity index (χ4v) is 8.68. The van der Waals surface area contributed by atoms with E-state index in [1.807, 2.05) is 0 Å². The largest absolute Gasteiger partial charge is 0.458 e. The molecule has 9 atom stereocenters. The van der Waals surface area contributed by atoms with Gasteiger partial charge in [0, 0.05) is 9.65 Å². The lowest BCUT2D eigenvalue weighted by Crippen LogP contribution is -2.37. The second-order valence-corrected chi connectivity index (χ2v) is 12.9. The van der Waals surface area contributed by atoms with Gasteiger partial charge in [0.15, 0.2) is 0 Å². The predicted molar refractivity (Wildman–Crippen MR) is 133 cm³/mol. The van der Waals surface area contributed by atoms with E-state index in [0.29, 0.717) is 29.0 Å². The Labute approximate surface area is 212 Å². The number of alkyl halides is 2. The maximum Gasteiger partial charge on any atom is 0.338 e. The van der Waals surface area contributed by atoms with Crippen LogP contribution in [0.5, 0.6) is 0 Å². The maximum absolute atomic E-state index is 13.2. The highest BCUT2D eigenvalue weighted by Crippen LogP contribution is 2.60. The molecule has 33 heavy (non-hydrogen) atoms. The number of carbonyl (C=O) groups excluding carboxylic acids is 3. The molecular weight excluding hydrogens is 550 g/mol. The van der Waals surface area contributed by atoms with E-state index in [1.54, 1.807) is 24.3 Å². The van der Waals surface area contributed by atoms with Gasteiger partial charge >= 0.3 is 5.97 Å². The number of amides is 2. The van der Waals surface area contributed by atoms with Crippen LogP contribution >= 0.6 is 31.9 Å². The van der Waals surface area contributed by atoms with Crippen LogP contribution in [0, 0.1) is 41.4 Å². The van der Waals surface area contributed by atoms with Gasteiger partial charge in [-0.1, -0.05) is 59.1 Å². The van der Waals surface area contributed by atoms with Crippen molar-refractivity contribution in [3.63, 3.8) is 0 Å². The van der Waals surface area contributed by atoms with Crippen molar-refractivity contribution in [1.82, 2.24) is 0 Å². The monoisotopic (exact) mass is 579 g/mol. The van der Waals surface area contributed by atoms with Gasteiger partial charge in [-0.3, -0.25) is 14.5 Å². The van der Waals surface area contributed by atoms with Crippen LogP contribution in [-0.2, 0) is 14.3 Å². The number of fused-ring (bicyclic) bond motifs is 5. The second-order valence-electron chi connectivity index (χ2n) is 10.8. The summed E-state index contributed by atoms with van der Waals surface area (Å²) in [6.45, 7) is 6.60. The third-order valence-electron chi connectivity index (χ3n) is 8.57. The summed E-state index contributed by atoms with van der Waals surface area (Å²) < 4.78 is 5.95. The smallest absolute Gasteiger partial charge is 0.338 e. The SMILES string of the molecule is CC(C)[C@H]1CC[C@@H](C)C[C@H]1OC(=O)c1ccc(N2C(=O)[C@@H]3[C@H]4C[C@@H]([C@@H](Br)[C@H]4Br)[C@H]3C2=O)cc1. The summed E-state index contributed by atoms with van der Waals surface area (Å²) in [5, 5.41) is 0. The normalized spacial score (nSPS) is 39.9. The van der Waals surface area contributed by atoms with Crippen LogP contribution in [0.15, 0.2) is 24.3 Å². The molecule has 0 radical (unpaired) electrons. The molecule has 4 aliphatic rings. The Kier molecular flexibility index (Phi) is 6.26. The van der Waals surface area contributed by atoms with E-state index < -0.39 is 0 Å². The average Bonchev–Trinajstić information content (AvgIpc) is 3.38. The molecule has 1 aromatic rings. The van der Waals surface area contributed by atoms with Crippen LogP contribution in [0.25, 0.3) is 0 Å². The Bertz CT molecular complexity index is 932. The van der Waals surface area contributed by atoms with E-state index in [1.165, 1.54) is 11.3 Å². The van der Waals surface area contributed by atoms with Crippen molar-refractivity contribution in [3.05, 3.63) is 29.8 Å². The van der Waals surface area contributed by atoms with Gasteiger partial charge in [-0.15, -0.1) is 0 Å². The van der Waals surface area contributed by atoms with Gasteiger partial charge in [0.2, 0.25) is 11.8 Å². The predicted octanol–water partition coefficient (Wildman–Crippen LogP) is 5.59. The first-order valence-corrected chi connectivity index (χ1v) is 14.0. The van der Waals surface area contributed by atoms with Crippen LogP contribution in [0.4, 0.5) is 5.69 Å². The second kappa shape index (κ2) is 8.78. The third-order valence-corrected chi connectivity index (χ3v) is 11.8. The van der Waals surface area contributed by atoms with Gasteiger partial charge < -0.3 is 4.74 Å². The summed E-state index contributed by atoms with van der Waals surface area (Å²) in [4.78, 5) is 41.1. The van der Waals surface area contributed by atoms with Gasteiger partial charge in [0.05, 0.1) is 23.1 Å². The summed E-state index contributed by atoms with van der Waals surface area (Å²) in [7, 11) is 0. The van der Waals surface area contributed by atoms with Crippen LogP contribution in [-0.4, -0.2) is 33.5 Å². The number of ether oxygens (including phenoxy) is 1. The molecule has 5 rings (SSSR count). The molecule has 4 fully saturated rings. The molecule has 3 saturated carbocycles. The van der Waals surface area contributed by atoms with E-state index in [-0.39, 0.29) is 57.2 Å². The Morgan fingerprint density at radius 1 is 0.970 bits per heavy atom. The lowest BCUT2D eigenvalue weighted by Gasteiger charge is -2.36. The van der Waals surface area contributed by atoms with Crippen molar-refractivity contribution in [2.75, 3.05) is 4.90 Å². The molecule has 0 aromatic heterocycles. The molecule has 0 spiro atoms. The summed E-state index contributed by atoms with van der Waals surface area (Å²) in [6.07, 6.45) is 4.02. The quantitative estimate of drug-likeness (QED) is 0.265. The zero-order valence-corrected chi connectivity index (χ0v) is 22.4. The van der Waals surface area contributed by atoms with Crippen LogP contribution in [0.3, 0.4) is 0 Å². The minimum atomic E-state index is -0.329. The number of esters is 1. The van der Waals surface area contributed by atoms with E-state index in [2.05, 4.69) is 52.6 Å². The van der Waals surface area contributed by atoms with Gasteiger partial charge in [0.1, 0.15) is 6.10 Å². The van der Waals surface area contributed by atoms with E-state index >= 15 is 0 Å². The molecule has 1 aromatic carbocycles. The number of benzene rings is 1. The highest BCUT2D eigenvalue weighted by molar-refractivity contribution is 9.12. The summed E-state index contributed by atoms with van der Waals surface area (Å²) >= 11 is 7.45. The van der Waals surface area contributed by atoms with Gasteiger partial charge in [0.25, 0.3) is 0 Å². The molecule has 0 unspecified atom stereocenters. The maximum atomic E-state index is 13.2. The Hall–Kier alpha value is -1.21. The number of halogens is 2. The third kappa shape index (κ3) is 3.81. The molecule has 1 heterocycles. The molecule has 0 N–H and O–H groups in total. The van der Waals surface area contributed by atoms with E-state index in [0.717, 1.165) is 19.3 Å². The first-order chi connectivity index (χ1) is 15.7. The number of nitrogens with zero attached hydrogens (tertiary/aromatic N) is 1. The number of imide groups is 1. The minimum absolute atomic E-state index is 0.0630. The van der Waals surface area contributed by atoms with Crippen molar-refractivity contribution < 1.29 is 19.1 Å². The number of carbonyl (C=O) groups is 3. The summed E-state index contributed by atoms with van der Waals surface area (Å²) in [5.74, 6) is 0.760. The van der Waals surface area contributed by atoms with E-state index in [4.69, 9.17) is 4.74 Å². The lowest BCUT2D eigenvalue weighted by molar-refractivity contribution is -0.123. The highest BCUT2D eigenvalue weighted by atomic mass is 79.9. The van der Waals surface area contributed by atoms with Gasteiger partial charge in [-0.25, -0.2) is 4.79 Å². The minimum Gasteiger partial charge on any atom is -0.458 e. The first-order valence-electron chi connectivity index (χ1n) is 12.2. The summed E-state index contributed by atoms with van der Waals surface area (Å²) in [5.41, 5.74) is 0.999. The van der Waals surface area contributed by atoms with E-state index in [9.17, 15) is 14.4 Å². The number of hydrogen-bond acceptors (Lipinski definition) is 4. The molecule has 1 aliphatic heterocycles. The zero-order chi connectivity index (χ0) is 23.6. The first kappa shape index (κ1) is 23.5. The van der Waals surface area contributed by atoms with Gasteiger partial charge in [-0.2, -0.15) is 0 Å². The Morgan fingerprint density at radius 3 is 2.09 bits per heavy atom. The molecule has 3 aliphatic carbocycles. The van der Waals surface area contributed by atoms with Crippen LogP contribution in [0.1, 0.15) is 56.8 Å². The number of rotatable bonds is 4. The molecule has 5 nitrogen and oxygen atoms in total. The Balaban J connectivity index is 1.30. The van der Waals surface area contributed by atoms with Crippen molar-refractivity contribution in [2.24, 2.45) is 41.4 Å². The lowest BCUT2D eigenvalue weighted by atomic mass is 9.75. The molecule has 1 saturated heterocycles. The van der Waals surface area contributed by atoms with Gasteiger partial charge in [-0.05, 0) is 73.1 Å². The molecular formula is C26H31Br2NO4. The van der Waals surface area contributed by atoms with Crippen molar-refractivity contribution in [2.45, 2.75) is 62.2 Å². The summed E-state index contributed by atoms with van der Waals surface area (Å²) in [6, 6.07) is 6.77. The Morgan fingerprint density at radius 2 is 1.55 bits per heavy atom. The fourth-order valence-electron chi connectivity index (χ4n) is 6.81. The van der Waals surface area contributed by atoms with Crippen LogP contribution < -0.4 is 4.90 Å². The molecule has 2 amide bonds. The molecule has 7 heteroatoms.